The molecule has 0 N–H and O–H groups in total. The molecule has 2 heterocycles. The number of hydrogen-bond donors (Lipinski definition) is 0. The molecule has 4 rings (SSSR count). The lowest BCUT2D eigenvalue weighted by molar-refractivity contribution is 0.0470. The number of hydrogen-bond acceptors (Lipinski definition) is 3. The van der Waals surface area contributed by atoms with Crippen molar-refractivity contribution in [1.29, 1.82) is 0 Å². The highest BCUT2D eigenvalue weighted by Gasteiger charge is 2.36. The standard InChI is InChI=1S/C21H26N2O/c1-17-21-11-6-12-22(21)13-14-23(17)16-18-7-5-10-20(15-18)24-19-8-3-2-4-9-19/h2-5,7-10,15,17,21H,6,11-14,16H2,1H3/t17-,21-/m0/s1. The van der Waals surface area contributed by atoms with E-state index in [0.717, 1.165) is 24.1 Å². The van der Waals surface area contributed by atoms with Gasteiger partial charge < -0.3 is 4.74 Å². The van der Waals surface area contributed by atoms with Crippen molar-refractivity contribution in [2.24, 2.45) is 0 Å². The molecule has 3 nitrogen and oxygen atoms in total. The Kier molecular flexibility index (Phi) is 4.54. The summed E-state index contributed by atoms with van der Waals surface area (Å²) in [7, 11) is 0. The van der Waals surface area contributed by atoms with Crippen molar-refractivity contribution < 1.29 is 4.74 Å². The van der Waals surface area contributed by atoms with Gasteiger partial charge in [-0.05, 0) is 56.1 Å². The van der Waals surface area contributed by atoms with Crippen LogP contribution in [-0.2, 0) is 6.54 Å². The summed E-state index contributed by atoms with van der Waals surface area (Å²) >= 11 is 0. The average molecular weight is 322 g/mol. The molecule has 2 aliphatic heterocycles. The van der Waals surface area contributed by atoms with Crippen LogP contribution in [0.5, 0.6) is 11.5 Å². The second kappa shape index (κ2) is 6.96. The van der Waals surface area contributed by atoms with Crippen molar-refractivity contribution in [2.45, 2.75) is 38.4 Å². The van der Waals surface area contributed by atoms with Crippen molar-refractivity contribution in [3.8, 4) is 11.5 Å². The van der Waals surface area contributed by atoms with Crippen LogP contribution in [0.4, 0.5) is 0 Å². The van der Waals surface area contributed by atoms with Gasteiger partial charge in [0.25, 0.3) is 0 Å². The first kappa shape index (κ1) is 15.7. The highest BCUT2D eigenvalue weighted by molar-refractivity contribution is 5.33. The molecule has 2 aliphatic rings. The van der Waals surface area contributed by atoms with E-state index in [0.29, 0.717) is 6.04 Å². The summed E-state index contributed by atoms with van der Waals surface area (Å²) in [4.78, 5) is 5.31. The lowest BCUT2D eigenvalue weighted by Gasteiger charge is -2.43. The molecule has 126 valence electrons. The van der Waals surface area contributed by atoms with Crippen LogP contribution >= 0.6 is 0 Å². The van der Waals surface area contributed by atoms with E-state index in [1.165, 1.54) is 38.0 Å². The molecule has 2 saturated heterocycles. The zero-order valence-corrected chi connectivity index (χ0v) is 14.4. The molecule has 2 fully saturated rings. The Hall–Kier alpha value is -1.84. The predicted octanol–water partition coefficient (Wildman–Crippen LogP) is 4.15. The maximum absolute atomic E-state index is 5.98. The summed E-state index contributed by atoms with van der Waals surface area (Å²) in [5, 5.41) is 0. The summed E-state index contributed by atoms with van der Waals surface area (Å²) in [6, 6.07) is 19.9. The quantitative estimate of drug-likeness (QED) is 0.841. The molecule has 2 aromatic rings. The van der Waals surface area contributed by atoms with Crippen LogP contribution in [-0.4, -0.2) is 41.5 Å². The van der Waals surface area contributed by atoms with Gasteiger partial charge in [-0.3, -0.25) is 9.80 Å². The van der Waals surface area contributed by atoms with Gasteiger partial charge in [0.2, 0.25) is 0 Å². The topological polar surface area (TPSA) is 15.7 Å². The number of benzene rings is 2. The van der Waals surface area contributed by atoms with Gasteiger partial charge in [0, 0.05) is 31.7 Å². The van der Waals surface area contributed by atoms with Crippen LogP contribution in [0.25, 0.3) is 0 Å². The Morgan fingerprint density at radius 3 is 2.67 bits per heavy atom. The zero-order chi connectivity index (χ0) is 16.4. The predicted molar refractivity (Wildman–Crippen MR) is 97.4 cm³/mol. The molecule has 0 amide bonds. The molecule has 24 heavy (non-hydrogen) atoms. The summed E-state index contributed by atoms with van der Waals surface area (Å²) in [5.41, 5.74) is 1.33. The molecule has 0 aliphatic carbocycles. The third-order valence-electron chi connectivity index (χ3n) is 5.48. The number of para-hydroxylation sites is 1. The number of nitrogens with zero attached hydrogens (tertiary/aromatic N) is 2. The molecular formula is C21H26N2O. The van der Waals surface area contributed by atoms with E-state index in [2.05, 4.69) is 34.9 Å². The highest BCUT2D eigenvalue weighted by atomic mass is 16.5. The van der Waals surface area contributed by atoms with Crippen LogP contribution in [0.1, 0.15) is 25.3 Å². The monoisotopic (exact) mass is 322 g/mol. The zero-order valence-electron chi connectivity index (χ0n) is 14.4. The van der Waals surface area contributed by atoms with Crippen LogP contribution in [0.15, 0.2) is 54.6 Å². The first-order valence-corrected chi connectivity index (χ1v) is 9.09. The summed E-state index contributed by atoms with van der Waals surface area (Å²) in [5.74, 6) is 1.81. The van der Waals surface area contributed by atoms with Crippen LogP contribution in [0, 0.1) is 0 Å². The van der Waals surface area contributed by atoms with E-state index in [4.69, 9.17) is 4.74 Å². The number of piperazine rings is 1. The minimum atomic E-state index is 0.639. The molecule has 0 bridgehead atoms. The van der Waals surface area contributed by atoms with Crippen molar-refractivity contribution in [3.05, 3.63) is 60.2 Å². The molecule has 0 aromatic heterocycles. The SMILES string of the molecule is C[C@H]1[C@@H]2CCCN2CCN1Cc1cccc(Oc2ccccc2)c1. The minimum absolute atomic E-state index is 0.639. The summed E-state index contributed by atoms with van der Waals surface area (Å²) in [6.07, 6.45) is 2.72. The largest absolute Gasteiger partial charge is 0.457 e. The number of fused-ring (bicyclic) bond motifs is 1. The second-order valence-corrected chi connectivity index (χ2v) is 7.02. The van der Waals surface area contributed by atoms with Crippen molar-refractivity contribution >= 4 is 0 Å². The van der Waals surface area contributed by atoms with E-state index < -0.39 is 0 Å². The fraction of sp³-hybridized carbons (Fsp3) is 0.429. The Labute approximate surface area is 144 Å². The van der Waals surface area contributed by atoms with Gasteiger partial charge in [-0.1, -0.05) is 30.3 Å². The molecule has 0 spiro atoms. The molecule has 0 unspecified atom stereocenters. The molecule has 3 heteroatoms. The average Bonchev–Trinajstić information content (AvgIpc) is 3.08. The molecular weight excluding hydrogens is 296 g/mol. The third kappa shape index (κ3) is 3.33. The highest BCUT2D eigenvalue weighted by Crippen LogP contribution is 2.28. The van der Waals surface area contributed by atoms with E-state index in [-0.39, 0.29) is 0 Å². The first-order valence-electron chi connectivity index (χ1n) is 9.09. The smallest absolute Gasteiger partial charge is 0.127 e. The van der Waals surface area contributed by atoms with Crippen LogP contribution in [0.3, 0.4) is 0 Å². The van der Waals surface area contributed by atoms with Crippen molar-refractivity contribution in [1.82, 2.24) is 9.80 Å². The van der Waals surface area contributed by atoms with Gasteiger partial charge in [0.05, 0.1) is 0 Å². The first-order chi connectivity index (χ1) is 11.8. The van der Waals surface area contributed by atoms with Crippen molar-refractivity contribution in [3.63, 3.8) is 0 Å². The fourth-order valence-electron chi connectivity index (χ4n) is 4.17. The van der Waals surface area contributed by atoms with Gasteiger partial charge in [0.1, 0.15) is 11.5 Å². The van der Waals surface area contributed by atoms with E-state index in [1.54, 1.807) is 0 Å². The maximum Gasteiger partial charge on any atom is 0.127 e. The minimum Gasteiger partial charge on any atom is -0.457 e. The molecule has 0 radical (unpaired) electrons. The second-order valence-electron chi connectivity index (χ2n) is 7.02. The van der Waals surface area contributed by atoms with E-state index in [9.17, 15) is 0 Å². The molecule has 0 saturated carbocycles. The van der Waals surface area contributed by atoms with Gasteiger partial charge >= 0.3 is 0 Å². The lowest BCUT2D eigenvalue weighted by atomic mass is 10.0. The van der Waals surface area contributed by atoms with E-state index >= 15 is 0 Å². The Bertz CT molecular complexity index is 673. The maximum atomic E-state index is 5.98. The molecule has 2 atom stereocenters. The Balaban J connectivity index is 1.44. The van der Waals surface area contributed by atoms with Crippen LogP contribution in [0.2, 0.25) is 0 Å². The van der Waals surface area contributed by atoms with Crippen LogP contribution < -0.4 is 4.74 Å². The van der Waals surface area contributed by atoms with Gasteiger partial charge in [-0.25, -0.2) is 0 Å². The third-order valence-corrected chi connectivity index (χ3v) is 5.48. The number of rotatable bonds is 4. The van der Waals surface area contributed by atoms with Gasteiger partial charge in [0.15, 0.2) is 0 Å². The Morgan fingerprint density at radius 1 is 0.958 bits per heavy atom. The lowest BCUT2D eigenvalue weighted by Crippen LogP contribution is -2.55. The van der Waals surface area contributed by atoms with E-state index in [1.807, 2.05) is 36.4 Å². The normalized spacial score (nSPS) is 24.7. The van der Waals surface area contributed by atoms with Crippen molar-refractivity contribution in [2.75, 3.05) is 19.6 Å². The Morgan fingerprint density at radius 2 is 1.79 bits per heavy atom. The molecule has 2 aromatic carbocycles. The van der Waals surface area contributed by atoms with Gasteiger partial charge in [-0.2, -0.15) is 0 Å². The number of ether oxygens (including phenoxy) is 1. The summed E-state index contributed by atoms with van der Waals surface area (Å²) < 4.78 is 5.98. The summed E-state index contributed by atoms with van der Waals surface area (Å²) in [6.45, 7) is 7.09. The fourth-order valence-corrected chi connectivity index (χ4v) is 4.17. The van der Waals surface area contributed by atoms with Gasteiger partial charge in [-0.15, -0.1) is 0 Å².